The van der Waals surface area contributed by atoms with Gasteiger partial charge in [-0.15, -0.1) is 0 Å². The summed E-state index contributed by atoms with van der Waals surface area (Å²) in [6.45, 7) is 0. The molecule has 1 aliphatic carbocycles. The van der Waals surface area contributed by atoms with Gasteiger partial charge < -0.3 is 18.9 Å². The first-order valence-electron chi connectivity index (χ1n) is 6.21. The molecule has 20 heavy (non-hydrogen) atoms. The molecule has 1 spiro atoms. The fraction of sp³-hybridized carbons (Fsp3) is 0.429. The Morgan fingerprint density at radius 2 is 1.65 bits per heavy atom. The number of hydrogen-bond donors (Lipinski definition) is 0. The third-order valence-corrected chi connectivity index (χ3v) is 3.63. The molecule has 0 aromatic heterocycles. The van der Waals surface area contributed by atoms with Gasteiger partial charge in [0.15, 0.2) is 12.2 Å². The predicted octanol–water partition coefficient (Wildman–Crippen LogP) is 0.525. The molecule has 0 radical (unpaired) electrons. The summed E-state index contributed by atoms with van der Waals surface area (Å²) in [5, 5.41) is 0. The molecule has 106 valence electrons. The van der Waals surface area contributed by atoms with Crippen LogP contribution < -0.4 is 0 Å². The highest BCUT2D eigenvalue weighted by Gasteiger charge is 2.59. The molecule has 1 fully saturated rings. The lowest BCUT2D eigenvalue weighted by molar-refractivity contribution is -0.208. The molecule has 0 amide bonds. The van der Waals surface area contributed by atoms with E-state index < -0.39 is 29.9 Å². The number of hydrogen-bond acceptors (Lipinski definition) is 6. The van der Waals surface area contributed by atoms with Gasteiger partial charge in [0.05, 0.1) is 14.2 Å². The smallest absolute Gasteiger partial charge is 0.338 e. The number of ether oxygens (including phenoxy) is 4. The van der Waals surface area contributed by atoms with E-state index in [9.17, 15) is 9.59 Å². The Kier molecular flexibility index (Phi) is 2.99. The summed E-state index contributed by atoms with van der Waals surface area (Å²) in [5.41, 5.74) is 1.90. The fourth-order valence-corrected chi connectivity index (χ4v) is 2.63. The molecular formula is C14H14O6. The number of benzene rings is 1. The fourth-order valence-electron chi connectivity index (χ4n) is 2.63. The van der Waals surface area contributed by atoms with Crippen molar-refractivity contribution >= 4 is 11.9 Å². The molecule has 0 N–H and O–H groups in total. The Balaban J connectivity index is 1.92. The van der Waals surface area contributed by atoms with Crippen molar-refractivity contribution in [2.45, 2.75) is 24.4 Å². The van der Waals surface area contributed by atoms with Gasteiger partial charge >= 0.3 is 11.9 Å². The zero-order valence-corrected chi connectivity index (χ0v) is 11.1. The van der Waals surface area contributed by atoms with Crippen LogP contribution in [0.5, 0.6) is 0 Å². The SMILES string of the molecule is COC(=O)C1OC2(Cc3ccccc32)OC1C(=O)OC. The maximum atomic E-state index is 11.7. The summed E-state index contributed by atoms with van der Waals surface area (Å²) in [6.07, 6.45) is -1.73. The molecule has 2 unspecified atom stereocenters. The van der Waals surface area contributed by atoms with E-state index in [0.717, 1.165) is 11.1 Å². The minimum absolute atomic E-state index is 0.490. The Bertz CT molecular complexity index is 543. The summed E-state index contributed by atoms with van der Waals surface area (Å²) >= 11 is 0. The Morgan fingerprint density at radius 1 is 1.10 bits per heavy atom. The molecule has 1 heterocycles. The second-order valence-electron chi connectivity index (χ2n) is 4.71. The molecule has 1 aliphatic heterocycles. The normalized spacial score (nSPS) is 30.5. The van der Waals surface area contributed by atoms with E-state index in [1.165, 1.54) is 14.2 Å². The zero-order chi connectivity index (χ0) is 14.3. The average molecular weight is 278 g/mol. The van der Waals surface area contributed by atoms with Crippen molar-refractivity contribution in [2.75, 3.05) is 14.2 Å². The van der Waals surface area contributed by atoms with Gasteiger partial charge in [0.25, 0.3) is 0 Å². The van der Waals surface area contributed by atoms with Crippen molar-refractivity contribution in [3.8, 4) is 0 Å². The minimum Gasteiger partial charge on any atom is -0.467 e. The summed E-state index contributed by atoms with van der Waals surface area (Å²) < 4.78 is 20.7. The maximum absolute atomic E-state index is 11.7. The summed E-state index contributed by atoms with van der Waals surface area (Å²) in [5.74, 6) is -2.35. The molecule has 1 aromatic rings. The largest absolute Gasteiger partial charge is 0.467 e. The molecule has 1 saturated heterocycles. The molecule has 2 atom stereocenters. The van der Waals surface area contributed by atoms with Gasteiger partial charge in [-0.2, -0.15) is 0 Å². The number of rotatable bonds is 2. The van der Waals surface area contributed by atoms with Crippen LogP contribution in [0.4, 0.5) is 0 Å². The first kappa shape index (κ1) is 13.1. The van der Waals surface area contributed by atoms with E-state index in [0.29, 0.717) is 6.42 Å². The van der Waals surface area contributed by atoms with E-state index in [1.54, 1.807) is 0 Å². The summed E-state index contributed by atoms with van der Waals surface area (Å²) in [6, 6.07) is 7.57. The van der Waals surface area contributed by atoms with E-state index >= 15 is 0 Å². The number of methoxy groups -OCH3 is 2. The van der Waals surface area contributed by atoms with Crippen LogP contribution in [0.2, 0.25) is 0 Å². The molecule has 3 rings (SSSR count). The molecule has 1 aromatic carbocycles. The Morgan fingerprint density at radius 3 is 2.15 bits per heavy atom. The van der Waals surface area contributed by atoms with Crippen LogP contribution in [0, 0.1) is 0 Å². The molecule has 0 bridgehead atoms. The maximum Gasteiger partial charge on any atom is 0.338 e. The predicted molar refractivity (Wildman–Crippen MR) is 65.6 cm³/mol. The number of carbonyl (C=O) groups is 2. The van der Waals surface area contributed by atoms with Crippen molar-refractivity contribution in [1.29, 1.82) is 0 Å². The first-order valence-corrected chi connectivity index (χ1v) is 6.21. The third-order valence-electron chi connectivity index (χ3n) is 3.63. The van der Waals surface area contributed by atoms with E-state index in [4.69, 9.17) is 9.47 Å². The van der Waals surface area contributed by atoms with Crippen LogP contribution in [0.15, 0.2) is 24.3 Å². The van der Waals surface area contributed by atoms with E-state index in [-0.39, 0.29) is 0 Å². The molecule has 2 aliphatic rings. The lowest BCUT2D eigenvalue weighted by Gasteiger charge is -2.38. The third kappa shape index (κ3) is 1.72. The first-order chi connectivity index (χ1) is 9.61. The lowest BCUT2D eigenvalue weighted by atomic mass is 9.82. The van der Waals surface area contributed by atoms with Crippen molar-refractivity contribution in [1.82, 2.24) is 0 Å². The highest BCUT2D eigenvalue weighted by molar-refractivity contribution is 5.86. The van der Waals surface area contributed by atoms with Crippen molar-refractivity contribution in [2.24, 2.45) is 0 Å². The molecule has 6 heteroatoms. The van der Waals surface area contributed by atoms with Gasteiger partial charge in [-0.1, -0.05) is 24.3 Å². The monoisotopic (exact) mass is 278 g/mol. The topological polar surface area (TPSA) is 71.1 Å². The second kappa shape index (κ2) is 4.57. The van der Waals surface area contributed by atoms with Crippen LogP contribution in [-0.4, -0.2) is 38.4 Å². The van der Waals surface area contributed by atoms with Crippen LogP contribution in [0.3, 0.4) is 0 Å². The van der Waals surface area contributed by atoms with E-state index in [1.807, 2.05) is 24.3 Å². The van der Waals surface area contributed by atoms with Gasteiger partial charge in [-0.25, -0.2) is 9.59 Å². The van der Waals surface area contributed by atoms with Crippen LogP contribution in [-0.2, 0) is 40.7 Å². The highest BCUT2D eigenvalue weighted by atomic mass is 16.8. The van der Waals surface area contributed by atoms with Crippen molar-refractivity contribution < 1.29 is 28.5 Å². The summed E-state index contributed by atoms with van der Waals surface area (Å²) in [4.78, 5) is 23.5. The molecular weight excluding hydrogens is 264 g/mol. The number of fused-ring (bicyclic) bond motifs is 2. The Hall–Kier alpha value is -1.92. The van der Waals surface area contributed by atoms with Gasteiger partial charge in [0, 0.05) is 12.0 Å². The minimum atomic E-state index is -1.11. The number of esters is 2. The Labute approximate surface area is 115 Å². The molecule has 6 nitrogen and oxygen atoms in total. The van der Waals surface area contributed by atoms with Gasteiger partial charge in [-0.05, 0) is 5.56 Å². The van der Waals surface area contributed by atoms with Crippen LogP contribution in [0.25, 0.3) is 0 Å². The summed E-state index contributed by atoms with van der Waals surface area (Å²) in [7, 11) is 2.47. The van der Waals surface area contributed by atoms with Gasteiger partial charge in [-0.3, -0.25) is 0 Å². The van der Waals surface area contributed by atoms with Gasteiger partial charge in [0.1, 0.15) is 0 Å². The van der Waals surface area contributed by atoms with Gasteiger partial charge in [0.2, 0.25) is 5.79 Å². The molecule has 0 saturated carbocycles. The van der Waals surface area contributed by atoms with Crippen LogP contribution >= 0.6 is 0 Å². The lowest BCUT2D eigenvalue weighted by Crippen LogP contribution is -2.41. The number of carbonyl (C=O) groups excluding carboxylic acids is 2. The van der Waals surface area contributed by atoms with Crippen molar-refractivity contribution in [3.63, 3.8) is 0 Å². The van der Waals surface area contributed by atoms with Crippen LogP contribution in [0.1, 0.15) is 11.1 Å². The van der Waals surface area contributed by atoms with E-state index in [2.05, 4.69) is 9.47 Å². The quantitative estimate of drug-likeness (QED) is 0.735. The zero-order valence-electron chi connectivity index (χ0n) is 11.1. The van der Waals surface area contributed by atoms with Crippen molar-refractivity contribution in [3.05, 3.63) is 35.4 Å². The standard InChI is InChI=1S/C14H14O6/c1-17-12(15)10-11(13(16)18-2)20-14(19-10)7-8-5-3-4-6-9(8)14/h3-6,10-11H,7H2,1-2H3. The highest BCUT2D eigenvalue weighted by Crippen LogP contribution is 2.49. The second-order valence-corrected chi connectivity index (χ2v) is 4.71. The average Bonchev–Trinajstić information content (AvgIpc) is 2.87.